The Labute approximate surface area is 95.6 Å². The molecule has 4 nitrogen and oxygen atoms in total. The maximum atomic E-state index is 5.62. The molecule has 0 radical (unpaired) electrons. The number of aromatic nitrogens is 2. The molecular formula is C10H18ClN3O. The zero-order valence-electron chi connectivity index (χ0n) is 9.70. The van der Waals surface area contributed by atoms with Crippen LogP contribution in [-0.4, -0.2) is 22.8 Å². The lowest BCUT2D eigenvalue weighted by Gasteiger charge is -2.25. The fraction of sp³-hybridized carbons (Fsp3) is 0.800. The first kappa shape index (κ1) is 12.3. The monoisotopic (exact) mass is 231 g/mol. The molecule has 0 saturated heterocycles. The third kappa shape index (κ3) is 3.38. The number of anilines is 1. The van der Waals surface area contributed by atoms with Crippen molar-refractivity contribution < 1.29 is 4.42 Å². The van der Waals surface area contributed by atoms with Crippen LogP contribution in [0, 0.1) is 5.92 Å². The lowest BCUT2D eigenvalue weighted by atomic mass is 10.2. The molecule has 0 spiro atoms. The smallest absolute Gasteiger partial charge is 0.318 e. The predicted molar refractivity (Wildman–Crippen MR) is 61.2 cm³/mol. The third-order valence-electron chi connectivity index (χ3n) is 2.00. The normalized spacial score (nSPS) is 11.4. The summed E-state index contributed by atoms with van der Waals surface area (Å²) in [5.41, 5.74) is 0. The van der Waals surface area contributed by atoms with E-state index in [2.05, 4.69) is 42.8 Å². The van der Waals surface area contributed by atoms with Gasteiger partial charge in [-0.1, -0.05) is 18.9 Å². The Hall–Kier alpha value is -0.770. The maximum Gasteiger partial charge on any atom is 0.318 e. The summed E-state index contributed by atoms with van der Waals surface area (Å²) in [5, 5.41) is 7.84. The van der Waals surface area contributed by atoms with E-state index in [0.29, 0.717) is 23.9 Å². The van der Waals surface area contributed by atoms with Gasteiger partial charge in [0.1, 0.15) is 5.88 Å². The molecule has 0 fully saturated rings. The summed E-state index contributed by atoms with van der Waals surface area (Å²) >= 11 is 5.62. The second kappa shape index (κ2) is 5.35. The number of nitrogens with zero attached hydrogens (tertiary/aromatic N) is 3. The maximum absolute atomic E-state index is 5.62. The first-order valence-electron chi connectivity index (χ1n) is 5.19. The quantitative estimate of drug-likeness (QED) is 0.731. The van der Waals surface area contributed by atoms with Crippen molar-refractivity contribution in [1.29, 1.82) is 0 Å². The highest BCUT2D eigenvalue weighted by Gasteiger charge is 2.18. The van der Waals surface area contributed by atoms with Crippen LogP contribution in [0.3, 0.4) is 0 Å². The van der Waals surface area contributed by atoms with Crippen LogP contribution in [0.25, 0.3) is 0 Å². The minimum absolute atomic E-state index is 0.264. The molecule has 1 aromatic heterocycles. The fourth-order valence-corrected chi connectivity index (χ4v) is 1.43. The first-order chi connectivity index (χ1) is 7.04. The van der Waals surface area contributed by atoms with Gasteiger partial charge in [0, 0.05) is 12.6 Å². The van der Waals surface area contributed by atoms with Crippen LogP contribution >= 0.6 is 11.6 Å². The van der Waals surface area contributed by atoms with E-state index >= 15 is 0 Å². The van der Waals surface area contributed by atoms with Crippen molar-refractivity contribution in [3.05, 3.63) is 5.89 Å². The van der Waals surface area contributed by atoms with Crippen molar-refractivity contribution in [2.24, 2.45) is 5.92 Å². The Morgan fingerprint density at radius 1 is 1.27 bits per heavy atom. The van der Waals surface area contributed by atoms with Crippen molar-refractivity contribution >= 4 is 17.6 Å². The Balaban J connectivity index is 2.79. The van der Waals surface area contributed by atoms with Gasteiger partial charge in [-0.15, -0.1) is 16.7 Å². The molecule has 0 amide bonds. The Morgan fingerprint density at radius 2 is 1.93 bits per heavy atom. The van der Waals surface area contributed by atoms with Gasteiger partial charge < -0.3 is 9.32 Å². The molecule has 0 aliphatic rings. The molecule has 0 atom stereocenters. The Bertz CT molecular complexity index is 299. The molecule has 0 aliphatic carbocycles. The van der Waals surface area contributed by atoms with E-state index in [1.54, 1.807) is 0 Å². The number of rotatable bonds is 5. The number of halogens is 1. The van der Waals surface area contributed by atoms with Gasteiger partial charge in [-0.05, 0) is 19.8 Å². The van der Waals surface area contributed by atoms with E-state index in [4.69, 9.17) is 16.0 Å². The van der Waals surface area contributed by atoms with Gasteiger partial charge >= 0.3 is 6.01 Å². The number of hydrogen-bond acceptors (Lipinski definition) is 4. The van der Waals surface area contributed by atoms with Crippen LogP contribution in [-0.2, 0) is 5.88 Å². The van der Waals surface area contributed by atoms with Crippen molar-refractivity contribution in [3.8, 4) is 0 Å². The second-order valence-electron chi connectivity index (χ2n) is 4.25. The minimum Gasteiger partial charge on any atom is -0.407 e. The summed E-state index contributed by atoms with van der Waals surface area (Å²) in [7, 11) is 0. The van der Waals surface area contributed by atoms with Gasteiger partial charge in [0.15, 0.2) is 0 Å². The summed E-state index contributed by atoms with van der Waals surface area (Å²) in [6, 6.07) is 0.908. The third-order valence-corrected chi connectivity index (χ3v) is 2.23. The Morgan fingerprint density at radius 3 is 2.33 bits per heavy atom. The molecule has 86 valence electrons. The SMILES string of the molecule is CC(C)CN(c1nnc(CCl)o1)C(C)C. The number of hydrogen-bond donors (Lipinski definition) is 0. The summed E-state index contributed by atoms with van der Waals surface area (Å²) < 4.78 is 5.43. The van der Waals surface area contributed by atoms with Crippen LogP contribution in [0.1, 0.15) is 33.6 Å². The summed E-state index contributed by atoms with van der Waals surface area (Å²) in [6.07, 6.45) is 0. The molecular weight excluding hydrogens is 214 g/mol. The summed E-state index contributed by atoms with van der Waals surface area (Å²) in [5.74, 6) is 1.29. The van der Waals surface area contributed by atoms with Gasteiger partial charge in [-0.3, -0.25) is 0 Å². The minimum atomic E-state index is 0.264. The summed E-state index contributed by atoms with van der Waals surface area (Å²) in [6.45, 7) is 9.43. The van der Waals surface area contributed by atoms with Gasteiger partial charge in [0.25, 0.3) is 0 Å². The molecule has 1 heterocycles. The lowest BCUT2D eigenvalue weighted by molar-refractivity contribution is 0.464. The van der Waals surface area contributed by atoms with E-state index in [1.807, 2.05) is 0 Å². The van der Waals surface area contributed by atoms with Crippen molar-refractivity contribution in [1.82, 2.24) is 10.2 Å². The van der Waals surface area contributed by atoms with Crippen LogP contribution in [0.15, 0.2) is 4.42 Å². The Kier molecular flexibility index (Phi) is 4.39. The second-order valence-corrected chi connectivity index (χ2v) is 4.52. The lowest BCUT2D eigenvalue weighted by Crippen LogP contribution is -2.34. The molecule has 1 rings (SSSR count). The van der Waals surface area contributed by atoms with Crippen molar-refractivity contribution in [2.75, 3.05) is 11.4 Å². The highest BCUT2D eigenvalue weighted by molar-refractivity contribution is 6.16. The fourth-order valence-electron chi connectivity index (χ4n) is 1.32. The topological polar surface area (TPSA) is 42.2 Å². The largest absolute Gasteiger partial charge is 0.407 e. The standard InChI is InChI=1S/C10H18ClN3O/c1-7(2)6-14(8(3)4)10-13-12-9(5-11)15-10/h7-8H,5-6H2,1-4H3. The molecule has 0 bridgehead atoms. The van der Waals surface area contributed by atoms with Gasteiger partial charge in [0.05, 0.1) is 0 Å². The van der Waals surface area contributed by atoms with E-state index < -0.39 is 0 Å². The first-order valence-corrected chi connectivity index (χ1v) is 5.73. The van der Waals surface area contributed by atoms with Crippen LogP contribution in [0.4, 0.5) is 6.01 Å². The summed E-state index contributed by atoms with van der Waals surface area (Å²) in [4.78, 5) is 2.09. The van der Waals surface area contributed by atoms with Gasteiger partial charge in [-0.2, -0.15) is 0 Å². The van der Waals surface area contributed by atoms with E-state index in [1.165, 1.54) is 0 Å². The predicted octanol–water partition coefficient (Wildman–Crippen LogP) is 2.68. The average molecular weight is 232 g/mol. The van der Waals surface area contributed by atoms with Gasteiger partial charge in [0.2, 0.25) is 5.89 Å². The van der Waals surface area contributed by atoms with Crippen LogP contribution < -0.4 is 4.90 Å². The van der Waals surface area contributed by atoms with E-state index in [9.17, 15) is 0 Å². The molecule has 0 unspecified atom stereocenters. The van der Waals surface area contributed by atoms with Crippen molar-refractivity contribution in [3.63, 3.8) is 0 Å². The number of alkyl halides is 1. The van der Waals surface area contributed by atoms with Crippen molar-refractivity contribution in [2.45, 2.75) is 39.6 Å². The molecule has 1 aromatic rings. The van der Waals surface area contributed by atoms with E-state index in [0.717, 1.165) is 6.54 Å². The molecule has 0 aliphatic heterocycles. The zero-order chi connectivity index (χ0) is 11.4. The van der Waals surface area contributed by atoms with Crippen LogP contribution in [0.2, 0.25) is 0 Å². The molecule has 15 heavy (non-hydrogen) atoms. The molecule has 0 N–H and O–H groups in total. The highest BCUT2D eigenvalue weighted by atomic mass is 35.5. The molecule has 0 saturated carbocycles. The molecule has 5 heteroatoms. The zero-order valence-corrected chi connectivity index (χ0v) is 10.5. The highest BCUT2D eigenvalue weighted by Crippen LogP contribution is 2.17. The average Bonchev–Trinajstić information content (AvgIpc) is 2.61. The van der Waals surface area contributed by atoms with E-state index in [-0.39, 0.29) is 5.88 Å². The van der Waals surface area contributed by atoms with Gasteiger partial charge in [-0.25, -0.2) is 0 Å². The van der Waals surface area contributed by atoms with Crippen LogP contribution in [0.5, 0.6) is 0 Å². The molecule has 0 aromatic carbocycles.